The second kappa shape index (κ2) is 7.90. The molecule has 160 valence electrons. The van der Waals surface area contributed by atoms with Crippen molar-refractivity contribution in [1.29, 1.82) is 0 Å². The van der Waals surface area contributed by atoms with E-state index in [4.69, 9.17) is 0 Å². The van der Waals surface area contributed by atoms with Gasteiger partial charge in [0.05, 0.1) is 11.1 Å². The minimum absolute atomic E-state index is 0.0118. The van der Waals surface area contributed by atoms with E-state index in [1.54, 1.807) is 27.7 Å². The van der Waals surface area contributed by atoms with E-state index in [1.165, 1.54) is 16.0 Å². The quantitative estimate of drug-likeness (QED) is 0.333. The van der Waals surface area contributed by atoms with Gasteiger partial charge < -0.3 is 0 Å². The Morgan fingerprint density at radius 2 is 1.81 bits per heavy atom. The second-order valence-electron chi connectivity index (χ2n) is 8.40. The zero-order valence-corrected chi connectivity index (χ0v) is 19.3. The fourth-order valence-electron chi connectivity index (χ4n) is 4.53. The van der Waals surface area contributed by atoms with Gasteiger partial charge in [-0.15, -0.1) is 21.5 Å². The molecule has 0 saturated heterocycles. The molecule has 0 radical (unpaired) electrons. The predicted octanol–water partition coefficient (Wildman–Crippen LogP) is 5.51. The maximum absolute atomic E-state index is 13.8. The molecule has 1 aliphatic rings. The fourth-order valence-corrected chi connectivity index (χ4v) is 6.97. The minimum atomic E-state index is 0.0118. The topological polar surface area (TPSA) is 52.2 Å². The van der Waals surface area contributed by atoms with Crippen LogP contribution in [0, 0.1) is 5.92 Å². The summed E-state index contributed by atoms with van der Waals surface area (Å²) < 4.78 is 3.83. The molecule has 5 aromatic rings. The Kier molecular flexibility index (Phi) is 4.88. The summed E-state index contributed by atoms with van der Waals surface area (Å²) in [4.78, 5) is 16.2. The number of hydrogen-bond donors (Lipinski definition) is 0. The number of aromatic nitrogens is 4. The van der Waals surface area contributed by atoms with Gasteiger partial charge in [-0.05, 0) is 48.4 Å². The molecule has 6 rings (SSSR count). The lowest BCUT2D eigenvalue weighted by atomic mass is 9.89. The van der Waals surface area contributed by atoms with Crippen LogP contribution in [0.3, 0.4) is 0 Å². The lowest BCUT2D eigenvalue weighted by Gasteiger charge is -2.17. The van der Waals surface area contributed by atoms with Gasteiger partial charge in [0.25, 0.3) is 5.56 Å². The molecule has 5 nitrogen and oxygen atoms in total. The van der Waals surface area contributed by atoms with Crippen LogP contribution in [0.5, 0.6) is 0 Å². The molecule has 3 aromatic heterocycles. The average molecular weight is 459 g/mol. The van der Waals surface area contributed by atoms with Gasteiger partial charge in [-0.1, -0.05) is 67.2 Å². The Labute approximate surface area is 193 Å². The molecule has 0 saturated carbocycles. The second-order valence-corrected chi connectivity index (χ2v) is 10.4. The Morgan fingerprint density at radius 1 is 1.06 bits per heavy atom. The highest BCUT2D eigenvalue weighted by molar-refractivity contribution is 7.98. The lowest BCUT2D eigenvalue weighted by molar-refractivity contribution is 0.509. The third-order valence-corrected chi connectivity index (χ3v) is 8.39. The summed E-state index contributed by atoms with van der Waals surface area (Å²) in [6.45, 7) is 2.30. The summed E-state index contributed by atoms with van der Waals surface area (Å²) in [6, 6.07) is 20.2. The summed E-state index contributed by atoms with van der Waals surface area (Å²) in [6.07, 6.45) is 3.12. The highest BCUT2D eigenvalue weighted by atomic mass is 32.2. The molecule has 0 bridgehead atoms. The molecule has 0 amide bonds. The SMILES string of the molecule is C[C@@H]1CCc2c(sc3c2c(=O)n(-c2ccccc2)c2nnc(SCc4ccccc4)n32)C1. The van der Waals surface area contributed by atoms with Crippen molar-refractivity contribution in [1.82, 2.24) is 19.2 Å². The average Bonchev–Trinajstić information content (AvgIpc) is 3.40. The van der Waals surface area contributed by atoms with Gasteiger partial charge in [-0.3, -0.25) is 4.79 Å². The van der Waals surface area contributed by atoms with Gasteiger partial charge in [-0.25, -0.2) is 8.97 Å². The van der Waals surface area contributed by atoms with Crippen LogP contribution in [-0.2, 0) is 18.6 Å². The Morgan fingerprint density at radius 3 is 2.59 bits per heavy atom. The maximum Gasteiger partial charge on any atom is 0.268 e. The van der Waals surface area contributed by atoms with Crippen molar-refractivity contribution in [3.63, 3.8) is 0 Å². The van der Waals surface area contributed by atoms with Crippen LogP contribution >= 0.6 is 23.1 Å². The molecular weight excluding hydrogens is 436 g/mol. The van der Waals surface area contributed by atoms with E-state index in [9.17, 15) is 4.79 Å². The minimum Gasteiger partial charge on any atom is -0.268 e. The van der Waals surface area contributed by atoms with Crippen molar-refractivity contribution < 1.29 is 0 Å². The molecule has 3 heterocycles. The monoisotopic (exact) mass is 458 g/mol. The van der Waals surface area contributed by atoms with Crippen molar-refractivity contribution in [3.05, 3.63) is 87.0 Å². The number of nitrogens with zero attached hydrogens (tertiary/aromatic N) is 4. The first-order chi connectivity index (χ1) is 15.7. The van der Waals surface area contributed by atoms with Crippen LogP contribution in [0.25, 0.3) is 21.7 Å². The van der Waals surface area contributed by atoms with E-state index in [1.807, 2.05) is 36.4 Å². The zero-order chi connectivity index (χ0) is 21.7. The largest absolute Gasteiger partial charge is 0.268 e. The number of fused-ring (bicyclic) bond motifs is 5. The molecule has 0 N–H and O–H groups in total. The molecule has 0 spiro atoms. The molecule has 2 aromatic carbocycles. The van der Waals surface area contributed by atoms with Crippen molar-refractivity contribution in [2.45, 2.75) is 37.1 Å². The van der Waals surface area contributed by atoms with Gasteiger partial charge in [0.2, 0.25) is 5.78 Å². The first kappa shape index (κ1) is 19.8. The van der Waals surface area contributed by atoms with E-state index in [-0.39, 0.29) is 5.56 Å². The van der Waals surface area contributed by atoms with Crippen molar-refractivity contribution in [2.24, 2.45) is 5.92 Å². The molecule has 0 aliphatic heterocycles. The Hall–Kier alpha value is -2.90. The van der Waals surface area contributed by atoms with E-state index in [0.717, 1.165) is 46.1 Å². The zero-order valence-electron chi connectivity index (χ0n) is 17.7. The number of aryl methyl sites for hydroxylation is 1. The van der Waals surface area contributed by atoms with Crippen molar-refractivity contribution in [2.75, 3.05) is 0 Å². The van der Waals surface area contributed by atoms with Crippen molar-refractivity contribution >= 4 is 39.1 Å². The summed E-state index contributed by atoms with van der Waals surface area (Å²) in [5.74, 6) is 2.03. The number of thioether (sulfide) groups is 1. The maximum atomic E-state index is 13.8. The van der Waals surface area contributed by atoms with Gasteiger partial charge in [0.1, 0.15) is 4.83 Å². The Bertz CT molecular complexity index is 1490. The summed E-state index contributed by atoms with van der Waals surface area (Å²) in [7, 11) is 0. The van der Waals surface area contributed by atoms with E-state index >= 15 is 0 Å². The number of hydrogen-bond acceptors (Lipinski definition) is 5. The Balaban J connectivity index is 1.61. The third-order valence-electron chi connectivity index (χ3n) is 6.15. The number of rotatable bonds is 4. The molecule has 0 fully saturated rings. The molecule has 32 heavy (non-hydrogen) atoms. The lowest BCUT2D eigenvalue weighted by Crippen LogP contribution is -2.22. The number of benzene rings is 2. The van der Waals surface area contributed by atoms with Gasteiger partial charge in [-0.2, -0.15) is 0 Å². The molecule has 0 unspecified atom stereocenters. The third kappa shape index (κ3) is 3.19. The first-order valence-electron chi connectivity index (χ1n) is 10.9. The predicted molar refractivity (Wildman–Crippen MR) is 131 cm³/mol. The van der Waals surface area contributed by atoms with Gasteiger partial charge >= 0.3 is 0 Å². The van der Waals surface area contributed by atoms with Crippen LogP contribution in [0.2, 0.25) is 0 Å². The molecule has 1 atom stereocenters. The summed E-state index contributed by atoms with van der Waals surface area (Å²) >= 11 is 3.41. The summed E-state index contributed by atoms with van der Waals surface area (Å²) in [5, 5.41) is 10.7. The first-order valence-corrected chi connectivity index (χ1v) is 12.7. The van der Waals surface area contributed by atoms with Gasteiger partial charge in [0.15, 0.2) is 5.16 Å². The summed E-state index contributed by atoms with van der Waals surface area (Å²) in [5.41, 5.74) is 3.30. The van der Waals surface area contributed by atoms with E-state index in [2.05, 4.69) is 45.8 Å². The molecular formula is C25H22N4OS2. The van der Waals surface area contributed by atoms with Crippen molar-refractivity contribution in [3.8, 4) is 5.69 Å². The van der Waals surface area contributed by atoms with E-state index < -0.39 is 0 Å². The smallest absolute Gasteiger partial charge is 0.268 e. The van der Waals surface area contributed by atoms with Crippen LogP contribution in [0.4, 0.5) is 0 Å². The fraction of sp³-hybridized carbons (Fsp3) is 0.240. The van der Waals surface area contributed by atoms with Crippen LogP contribution in [0.15, 0.2) is 70.6 Å². The normalized spacial score (nSPS) is 16.0. The van der Waals surface area contributed by atoms with Crippen LogP contribution in [-0.4, -0.2) is 19.2 Å². The molecule has 1 aliphatic carbocycles. The van der Waals surface area contributed by atoms with Crippen LogP contribution < -0.4 is 5.56 Å². The van der Waals surface area contributed by atoms with E-state index in [0.29, 0.717) is 11.7 Å². The van der Waals surface area contributed by atoms with Gasteiger partial charge in [0, 0.05) is 10.6 Å². The number of thiophene rings is 1. The van der Waals surface area contributed by atoms with Crippen LogP contribution in [0.1, 0.15) is 29.3 Å². The highest BCUT2D eigenvalue weighted by Crippen LogP contribution is 2.38. The number of para-hydroxylation sites is 1. The molecule has 7 heteroatoms. The highest BCUT2D eigenvalue weighted by Gasteiger charge is 2.27. The standard InChI is InChI=1S/C25H22N4OS2/c1-16-12-13-19-20(14-16)32-23-21(19)22(30)28(18-10-6-3-7-11-18)24-26-27-25(29(23)24)31-15-17-8-4-2-5-9-17/h2-11,16H,12-15H2,1H3/t16-/m1/s1.